The van der Waals surface area contributed by atoms with Gasteiger partial charge in [0.1, 0.15) is 15.9 Å². The fraction of sp³-hybridized carbons (Fsp3) is 0.385. The summed E-state index contributed by atoms with van der Waals surface area (Å²) in [7, 11) is -1.85. The number of rotatable bonds is 6. The molecule has 9 heteroatoms. The molecule has 0 bridgehead atoms. The summed E-state index contributed by atoms with van der Waals surface area (Å²) in [4.78, 5) is 23.9. The van der Waals surface area contributed by atoms with Crippen molar-refractivity contribution in [2.75, 3.05) is 19.1 Å². The molecule has 0 aromatic heterocycles. The normalized spacial score (nSPS) is 12.5. The van der Waals surface area contributed by atoms with E-state index in [9.17, 15) is 18.0 Å². The number of halogens is 2. The lowest BCUT2D eigenvalue weighted by Crippen LogP contribution is -2.46. The van der Waals surface area contributed by atoms with E-state index in [1.54, 1.807) is 0 Å². The number of amides is 2. The molecule has 0 aliphatic rings. The van der Waals surface area contributed by atoms with Gasteiger partial charge in [-0.15, -0.1) is 0 Å². The van der Waals surface area contributed by atoms with Gasteiger partial charge in [0.05, 0.1) is 16.3 Å². The van der Waals surface area contributed by atoms with Crippen LogP contribution in [0.4, 0.5) is 0 Å². The monoisotopic (exact) mass is 366 g/mol. The van der Waals surface area contributed by atoms with Crippen molar-refractivity contribution >= 4 is 44.9 Å². The first-order valence-electron chi connectivity index (χ1n) is 6.29. The zero-order valence-corrected chi connectivity index (χ0v) is 14.3. The lowest BCUT2D eigenvalue weighted by atomic mass is 10.1. The van der Waals surface area contributed by atoms with Crippen molar-refractivity contribution in [2.24, 2.45) is 0 Å². The molecule has 1 unspecified atom stereocenters. The molecule has 0 radical (unpaired) electrons. The standard InChI is InChI=1S/C13H16Cl2N2O4S/c1-16-13(19)11(5-6-22(2,20)21)17-12(18)9-4-3-8(14)7-10(9)15/h3-4,7,11H,5-6H2,1-2H3,(H,16,19)(H,17,18). The van der Waals surface area contributed by atoms with Crippen molar-refractivity contribution < 1.29 is 18.0 Å². The predicted molar refractivity (Wildman–Crippen MR) is 86.1 cm³/mol. The second-order valence-corrected chi connectivity index (χ2v) is 7.79. The second kappa shape index (κ2) is 7.80. The molecule has 1 atom stereocenters. The van der Waals surface area contributed by atoms with Crippen molar-refractivity contribution in [3.63, 3.8) is 0 Å². The van der Waals surface area contributed by atoms with Gasteiger partial charge in [0.25, 0.3) is 5.91 Å². The highest BCUT2D eigenvalue weighted by molar-refractivity contribution is 7.90. The maximum atomic E-state index is 12.2. The Balaban J connectivity index is 2.88. The molecule has 122 valence electrons. The Bertz CT molecular complexity index is 677. The number of sulfone groups is 1. The number of benzene rings is 1. The zero-order valence-electron chi connectivity index (χ0n) is 12.0. The lowest BCUT2D eigenvalue weighted by molar-refractivity contribution is -0.122. The van der Waals surface area contributed by atoms with Gasteiger partial charge in [-0.3, -0.25) is 9.59 Å². The molecule has 0 saturated heterocycles. The van der Waals surface area contributed by atoms with Gasteiger partial charge in [0, 0.05) is 18.3 Å². The third-order valence-electron chi connectivity index (χ3n) is 2.82. The van der Waals surface area contributed by atoms with Crippen LogP contribution in [-0.2, 0) is 14.6 Å². The molecule has 0 aliphatic heterocycles. The maximum Gasteiger partial charge on any atom is 0.253 e. The number of carbonyl (C=O) groups excluding carboxylic acids is 2. The summed E-state index contributed by atoms with van der Waals surface area (Å²) in [5.41, 5.74) is 0.152. The van der Waals surface area contributed by atoms with Gasteiger partial charge in [0.2, 0.25) is 5.91 Å². The van der Waals surface area contributed by atoms with E-state index in [0.717, 1.165) is 6.26 Å². The van der Waals surface area contributed by atoms with Crippen LogP contribution in [0.3, 0.4) is 0 Å². The first kappa shape index (κ1) is 18.7. The highest BCUT2D eigenvalue weighted by atomic mass is 35.5. The Kier molecular flexibility index (Phi) is 6.65. The molecule has 22 heavy (non-hydrogen) atoms. The summed E-state index contributed by atoms with van der Waals surface area (Å²) in [5, 5.41) is 5.37. The molecule has 0 heterocycles. The van der Waals surface area contributed by atoms with Gasteiger partial charge in [-0.1, -0.05) is 23.2 Å². The quantitative estimate of drug-likeness (QED) is 0.792. The van der Waals surface area contributed by atoms with Crippen LogP contribution >= 0.6 is 23.2 Å². The van der Waals surface area contributed by atoms with Crippen LogP contribution in [0, 0.1) is 0 Å². The van der Waals surface area contributed by atoms with Gasteiger partial charge in [-0.05, 0) is 24.6 Å². The Morgan fingerprint density at radius 1 is 1.27 bits per heavy atom. The summed E-state index contributed by atoms with van der Waals surface area (Å²) in [6.07, 6.45) is 1.03. The van der Waals surface area contributed by atoms with Crippen LogP contribution in [0.2, 0.25) is 10.0 Å². The van der Waals surface area contributed by atoms with Crippen molar-refractivity contribution in [1.82, 2.24) is 10.6 Å². The van der Waals surface area contributed by atoms with Gasteiger partial charge < -0.3 is 10.6 Å². The summed E-state index contributed by atoms with van der Waals surface area (Å²) in [6, 6.07) is 3.35. The molecule has 0 aliphatic carbocycles. The van der Waals surface area contributed by atoms with Gasteiger partial charge in [-0.25, -0.2) is 8.42 Å². The molecule has 0 saturated carbocycles. The molecule has 0 spiro atoms. The SMILES string of the molecule is CNC(=O)C(CCS(C)(=O)=O)NC(=O)c1ccc(Cl)cc1Cl. The number of nitrogens with one attached hydrogen (secondary N) is 2. The molecule has 0 fully saturated rings. The van der Waals surface area contributed by atoms with Crippen molar-refractivity contribution in [1.29, 1.82) is 0 Å². The minimum atomic E-state index is -3.25. The van der Waals surface area contributed by atoms with E-state index in [0.29, 0.717) is 5.02 Å². The van der Waals surface area contributed by atoms with Gasteiger partial charge in [-0.2, -0.15) is 0 Å². The van der Waals surface area contributed by atoms with E-state index in [2.05, 4.69) is 10.6 Å². The number of carbonyl (C=O) groups is 2. The average molecular weight is 367 g/mol. The van der Waals surface area contributed by atoms with E-state index in [1.807, 2.05) is 0 Å². The molecule has 1 rings (SSSR count). The summed E-state index contributed by atoms with van der Waals surface area (Å²) in [5.74, 6) is -1.29. The molecular weight excluding hydrogens is 351 g/mol. The Labute approximate surface area is 139 Å². The molecule has 2 N–H and O–H groups in total. The van der Waals surface area contributed by atoms with Gasteiger partial charge >= 0.3 is 0 Å². The highest BCUT2D eigenvalue weighted by Crippen LogP contribution is 2.21. The van der Waals surface area contributed by atoms with Crippen LogP contribution in [0.1, 0.15) is 16.8 Å². The predicted octanol–water partition coefficient (Wildman–Crippen LogP) is 1.27. The van der Waals surface area contributed by atoms with E-state index >= 15 is 0 Å². The molecule has 2 amide bonds. The third-order valence-corrected chi connectivity index (χ3v) is 4.35. The van der Waals surface area contributed by atoms with Crippen LogP contribution in [0.25, 0.3) is 0 Å². The van der Waals surface area contributed by atoms with Crippen LogP contribution in [-0.4, -0.2) is 45.3 Å². The van der Waals surface area contributed by atoms with E-state index in [1.165, 1.54) is 25.2 Å². The molecular formula is C13H16Cl2N2O4S. The summed E-state index contributed by atoms with van der Waals surface area (Å²) in [6.45, 7) is 0. The zero-order chi connectivity index (χ0) is 16.9. The molecule has 6 nitrogen and oxygen atoms in total. The Hall–Kier alpha value is -1.31. The number of hydrogen-bond donors (Lipinski definition) is 2. The second-order valence-electron chi connectivity index (χ2n) is 4.68. The van der Waals surface area contributed by atoms with Crippen LogP contribution in [0.15, 0.2) is 18.2 Å². The maximum absolute atomic E-state index is 12.2. The Morgan fingerprint density at radius 2 is 1.91 bits per heavy atom. The lowest BCUT2D eigenvalue weighted by Gasteiger charge is -2.17. The van der Waals surface area contributed by atoms with E-state index in [4.69, 9.17) is 23.2 Å². The number of hydrogen-bond acceptors (Lipinski definition) is 4. The number of likely N-dealkylation sites (N-methyl/N-ethyl adjacent to an activating group) is 1. The van der Waals surface area contributed by atoms with Crippen molar-refractivity contribution in [2.45, 2.75) is 12.5 Å². The molecule has 1 aromatic carbocycles. The Morgan fingerprint density at radius 3 is 2.41 bits per heavy atom. The minimum Gasteiger partial charge on any atom is -0.357 e. The smallest absolute Gasteiger partial charge is 0.253 e. The topological polar surface area (TPSA) is 92.3 Å². The highest BCUT2D eigenvalue weighted by Gasteiger charge is 2.23. The summed E-state index contributed by atoms with van der Waals surface area (Å²) < 4.78 is 22.4. The third kappa shape index (κ3) is 5.82. The first-order valence-corrected chi connectivity index (χ1v) is 9.11. The fourth-order valence-electron chi connectivity index (χ4n) is 1.68. The van der Waals surface area contributed by atoms with Crippen LogP contribution < -0.4 is 10.6 Å². The van der Waals surface area contributed by atoms with E-state index in [-0.39, 0.29) is 22.8 Å². The minimum absolute atomic E-state index is 0.0323. The fourth-order valence-corrected chi connectivity index (χ4v) is 2.84. The van der Waals surface area contributed by atoms with Gasteiger partial charge in [0.15, 0.2) is 0 Å². The van der Waals surface area contributed by atoms with E-state index < -0.39 is 27.7 Å². The van der Waals surface area contributed by atoms with Crippen molar-refractivity contribution in [3.8, 4) is 0 Å². The largest absolute Gasteiger partial charge is 0.357 e. The first-order chi connectivity index (χ1) is 10.1. The van der Waals surface area contributed by atoms with Crippen molar-refractivity contribution in [3.05, 3.63) is 33.8 Å². The average Bonchev–Trinajstić information content (AvgIpc) is 2.41. The molecule has 1 aromatic rings. The summed E-state index contributed by atoms with van der Waals surface area (Å²) >= 11 is 11.7. The van der Waals surface area contributed by atoms with Crippen LogP contribution in [0.5, 0.6) is 0 Å².